The lowest BCUT2D eigenvalue weighted by Crippen LogP contribution is -1.89. The van der Waals surface area contributed by atoms with Crippen molar-refractivity contribution >= 4 is 0 Å². The number of ether oxygens (including phenoxy) is 1. The maximum atomic E-state index is 4.99. The van der Waals surface area contributed by atoms with Crippen LogP contribution in [0.1, 0.15) is 52.4 Å². The van der Waals surface area contributed by atoms with Gasteiger partial charge in [0.2, 0.25) is 0 Å². The molecule has 0 rings (SSSR count). The lowest BCUT2D eigenvalue weighted by atomic mass is 10.0. The van der Waals surface area contributed by atoms with E-state index in [0.29, 0.717) is 0 Å². The Bertz CT molecular complexity index is 79.1. The molecule has 1 heteroatoms. The first kappa shape index (κ1) is 12.0. The van der Waals surface area contributed by atoms with E-state index < -0.39 is 0 Å². The lowest BCUT2D eigenvalue weighted by molar-refractivity contribution is 0.192. The molecule has 0 aromatic carbocycles. The third-order valence-electron chi connectivity index (χ3n) is 2.13. The van der Waals surface area contributed by atoms with E-state index in [1.807, 2.05) is 0 Å². The first-order valence-corrected chi connectivity index (χ1v) is 5.26. The number of hydrogen-bond acceptors (Lipinski definition) is 1. The molecule has 0 saturated heterocycles. The van der Waals surface area contributed by atoms with Crippen LogP contribution < -0.4 is 0 Å². The van der Waals surface area contributed by atoms with Gasteiger partial charge in [0.25, 0.3) is 0 Å². The van der Waals surface area contributed by atoms with E-state index in [4.69, 9.17) is 4.74 Å². The van der Waals surface area contributed by atoms with Gasteiger partial charge in [0.05, 0.1) is 0 Å². The molecule has 0 amide bonds. The second-order valence-electron chi connectivity index (χ2n) is 3.94. The van der Waals surface area contributed by atoms with Crippen molar-refractivity contribution in [2.45, 2.75) is 52.4 Å². The first-order chi connectivity index (χ1) is 5.77. The molecule has 74 valence electrons. The van der Waals surface area contributed by atoms with Crippen LogP contribution in [0.2, 0.25) is 0 Å². The molecule has 0 aliphatic rings. The van der Waals surface area contributed by atoms with Crippen LogP contribution in [0.25, 0.3) is 0 Å². The Labute approximate surface area is 77.5 Å². The van der Waals surface area contributed by atoms with Crippen molar-refractivity contribution in [2.75, 3.05) is 13.7 Å². The van der Waals surface area contributed by atoms with Crippen LogP contribution in [-0.2, 0) is 4.74 Å². The zero-order valence-corrected chi connectivity index (χ0v) is 8.94. The van der Waals surface area contributed by atoms with Crippen LogP contribution >= 0.6 is 0 Å². The largest absolute Gasteiger partial charge is 0.385 e. The highest BCUT2D eigenvalue weighted by atomic mass is 16.5. The van der Waals surface area contributed by atoms with Gasteiger partial charge >= 0.3 is 0 Å². The van der Waals surface area contributed by atoms with Gasteiger partial charge in [-0.1, -0.05) is 46.0 Å². The smallest absolute Gasteiger partial charge is 0.0462 e. The van der Waals surface area contributed by atoms with Gasteiger partial charge in [-0.15, -0.1) is 0 Å². The quantitative estimate of drug-likeness (QED) is 0.508. The average Bonchev–Trinajstić information content (AvgIpc) is 2.02. The van der Waals surface area contributed by atoms with Crippen LogP contribution in [0.5, 0.6) is 0 Å². The van der Waals surface area contributed by atoms with Crippen LogP contribution in [-0.4, -0.2) is 13.7 Å². The van der Waals surface area contributed by atoms with Gasteiger partial charge in [-0.2, -0.15) is 0 Å². The van der Waals surface area contributed by atoms with Crippen molar-refractivity contribution < 1.29 is 4.74 Å². The Morgan fingerprint density at radius 2 is 1.50 bits per heavy atom. The molecule has 0 aliphatic heterocycles. The molecule has 12 heavy (non-hydrogen) atoms. The summed E-state index contributed by atoms with van der Waals surface area (Å²) in [7, 11) is 1.78. The normalized spacial score (nSPS) is 11.0. The lowest BCUT2D eigenvalue weighted by Gasteiger charge is -2.03. The summed E-state index contributed by atoms with van der Waals surface area (Å²) in [6.07, 6.45) is 8.16. The number of unbranched alkanes of at least 4 members (excludes halogenated alkanes) is 4. The van der Waals surface area contributed by atoms with E-state index in [0.717, 1.165) is 12.5 Å². The zero-order valence-electron chi connectivity index (χ0n) is 8.94. The maximum Gasteiger partial charge on any atom is 0.0462 e. The fourth-order valence-electron chi connectivity index (χ4n) is 1.33. The fourth-order valence-corrected chi connectivity index (χ4v) is 1.33. The van der Waals surface area contributed by atoms with E-state index in [1.54, 1.807) is 7.11 Å². The van der Waals surface area contributed by atoms with Crippen LogP contribution in [0.15, 0.2) is 0 Å². The summed E-state index contributed by atoms with van der Waals surface area (Å²) in [6, 6.07) is 0. The Kier molecular flexibility index (Phi) is 9.02. The summed E-state index contributed by atoms with van der Waals surface area (Å²) in [5.41, 5.74) is 0. The van der Waals surface area contributed by atoms with Crippen LogP contribution in [0.3, 0.4) is 0 Å². The minimum absolute atomic E-state index is 0.879. The number of methoxy groups -OCH3 is 1. The predicted molar refractivity (Wildman–Crippen MR) is 54.4 cm³/mol. The second-order valence-corrected chi connectivity index (χ2v) is 3.94. The topological polar surface area (TPSA) is 9.23 Å². The summed E-state index contributed by atoms with van der Waals surface area (Å²) in [5, 5.41) is 0. The molecule has 0 fully saturated rings. The summed E-state index contributed by atoms with van der Waals surface area (Å²) in [4.78, 5) is 0. The van der Waals surface area contributed by atoms with Crippen molar-refractivity contribution in [1.29, 1.82) is 0 Å². The monoisotopic (exact) mass is 172 g/mol. The molecule has 0 aliphatic carbocycles. The van der Waals surface area contributed by atoms with Gasteiger partial charge in [0.15, 0.2) is 0 Å². The maximum absolute atomic E-state index is 4.99. The van der Waals surface area contributed by atoms with Crippen LogP contribution in [0.4, 0.5) is 0 Å². The van der Waals surface area contributed by atoms with Gasteiger partial charge in [-0.05, 0) is 12.3 Å². The molecule has 1 nitrogen and oxygen atoms in total. The molecule has 0 aromatic rings. The average molecular weight is 172 g/mol. The highest BCUT2D eigenvalue weighted by molar-refractivity contribution is 4.48. The fraction of sp³-hybridized carbons (Fsp3) is 1.00. The summed E-state index contributed by atoms with van der Waals surface area (Å²) >= 11 is 0. The molecule has 0 saturated carbocycles. The van der Waals surface area contributed by atoms with Gasteiger partial charge in [0.1, 0.15) is 0 Å². The minimum atomic E-state index is 0.879. The minimum Gasteiger partial charge on any atom is -0.385 e. The predicted octanol–water partition coefficient (Wildman–Crippen LogP) is 3.63. The molecule has 0 N–H and O–H groups in total. The molecular formula is C11H24O. The summed E-state index contributed by atoms with van der Waals surface area (Å²) < 4.78 is 4.99. The second kappa shape index (κ2) is 9.05. The molecule has 0 unspecified atom stereocenters. The molecule has 0 spiro atoms. The third kappa shape index (κ3) is 9.96. The third-order valence-corrected chi connectivity index (χ3v) is 2.13. The zero-order chi connectivity index (χ0) is 9.23. The molecular weight excluding hydrogens is 148 g/mol. The van der Waals surface area contributed by atoms with Crippen molar-refractivity contribution in [1.82, 2.24) is 0 Å². The Morgan fingerprint density at radius 1 is 0.917 bits per heavy atom. The first-order valence-electron chi connectivity index (χ1n) is 5.26. The molecule has 0 bridgehead atoms. The Balaban J connectivity index is 2.82. The molecule has 0 atom stereocenters. The standard InChI is InChI=1S/C11H24O/c1-11(2)9-7-5-4-6-8-10-12-3/h11H,4-10H2,1-3H3. The summed E-state index contributed by atoms with van der Waals surface area (Å²) in [6.45, 7) is 5.53. The van der Waals surface area contributed by atoms with Crippen molar-refractivity contribution in [3.63, 3.8) is 0 Å². The Hall–Kier alpha value is -0.0400. The molecule has 0 heterocycles. The van der Waals surface area contributed by atoms with E-state index in [-0.39, 0.29) is 0 Å². The highest BCUT2D eigenvalue weighted by Gasteiger charge is 1.94. The summed E-state index contributed by atoms with van der Waals surface area (Å²) in [5.74, 6) is 0.879. The van der Waals surface area contributed by atoms with E-state index >= 15 is 0 Å². The number of rotatable bonds is 8. The molecule has 0 aromatic heterocycles. The van der Waals surface area contributed by atoms with Gasteiger partial charge in [-0.25, -0.2) is 0 Å². The van der Waals surface area contributed by atoms with Crippen LogP contribution in [0, 0.1) is 5.92 Å². The van der Waals surface area contributed by atoms with E-state index in [1.165, 1.54) is 38.5 Å². The van der Waals surface area contributed by atoms with E-state index in [9.17, 15) is 0 Å². The Morgan fingerprint density at radius 3 is 2.08 bits per heavy atom. The molecule has 0 radical (unpaired) electrons. The van der Waals surface area contributed by atoms with Gasteiger partial charge in [-0.3, -0.25) is 0 Å². The van der Waals surface area contributed by atoms with E-state index in [2.05, 4.69) is 13.8 Å². The van der Waals surface area contributed by atoms with Crippen molar-refractivity contribution in [3.05, 3.63) is 0 Å². The van der Waals surface area contributed by atoms with Gasteiger partial charge < -0.3 is 4.74 Å². The highest BCUT2D eigenvalue weighted by Crippen LogP contribution is 2.10. The van der Waals surface area contributed by atoms with Crippen molar-refractivity contribution in [3.8, 4) is 0 Å². The SMILES string of the molecule is COCCCCCCCC(C)C. The van der Waals surface area contributed by atoms with Gasteiger partial charge in [0, 0.05) is 13.7 Å². The number of hydrogen-bond donors (Lipinski definition) is 0. The van der Waals surface area contributed by atoms with Crippen molar-refractivity contribution in [2.24, 2.45) is 5.92 Å².